The van der Waals surface area contributed by atoms with Gasteiger partial charge in [0, 0.05) is 46.4 Å². The van der Waals surface area contributed by atoms with E-state index >= 15 is 0 Å². The summed E-state index contributed by atoms with van der Waals surface area (Å²) in [7, 11) is 1.77. The maximum absolute atomic E-state index is 5.09. The second kappa shape index (κ2) is 6.99. The average molecular weight is 212 g/mol. The summed E-state index contributed by atoms with van der Waals surface area (Å²) in [5.41, 5.74) is 1.41. The van der Waals surface area contributed by atoms with Crippen molar-refractivity contribution in [3.63, 3.8) is 0 Å². The zero-order valence-corrected chi connectivity index (χ0v) is 10.3. The molecule has 1 heterocycles. The first-order chi connectivity index (χ1) is 7.22. The number of allylic oxidation sites excluding steroid dienone is 1. The summed E-state index contributed by atoms with van der Waals surface area (Å²) in [5.74, 6) is 0. The van der Waals surface area contributed by atoms with Crippen LogP contribution in [0.3, 0.4) is 0 Å². The minimum Gasteiger partial charge on any atom is -0.383 e. The van der Waals surface area contributed by atoms with Gasteiger partial charge in [0.1, 0.15) is 0 Å². The van der Waals surface area contributed by atoms with Gasteiger partial charge in [0.2, 0.25) is 0 Å². The molecule has 0 saturated carbocycles. The van der Waals surface area contributed by atoms with Crippen molar-refractivity contribution < 1.29 is 4.74 Å². The van der Waals surface area contributed by atoms with Gasteiger partial charge in [0.05, 0.1) is 6.61 Å². The molecule has 0 aromatic heterocycles. The smallest absolute Gasteiger partial charge is 0.0589 e. The molecule has 1 fully saturated rings. The van der Waals surface area contributed by atoms with E-state index in [9.17, 15) is 0 Å². The van der Waals surface area contributed by atoms with E-state index < -0.39 is 0 Å². The summed E-state index contributed by atoms with van der Waals surface area (Å²) in [4.78, 5) is 4.98. The zero-order chi connectivity index (χ0) is 11.1. The second-order valence-corrected chi connectivity index (χ2v) is 4.42. The number of hydrogen-bond acceptors (Lipinski definition) is 3. The van der Waals surface area contributed by atoms with Crippen molar-refractivity contribution in [1.82, 2.24) is 9.80 Å². The Morgan fingerprint density at radius 2 is 1.73 bits per heavy atom. The molecular weight excluding hydrogens is 188 g/mol. The number of piperazine rings is 1. The van der Waals surface area contributed by atoms with E-state index in [1.165, 1.54) is 31.8 Å². The van der Waals surface area contributed by atoms with Crippen LogP contribution < -0.4 is 0 Å². The molecule has 3 heteroatoms. The Morgan fingerprint density at radius 1 is 1.13 bits per heavy atom. The van der Waals surface area contributed by atoms with Crippen molar-refractivity contribution in [2.24, 2.45) is 0 Å². The topological polar surface area (TPSA) is 15.7 Å². The molecule has 0 unspecified atom stereocenters. The molecule has 3 nitrogen and oxygen atoms in total. The van der Waals surface area contributed by atoms with Gasteiger partial charge in [-0.2, -0.15) is 0 Å². The molecule has 15 heavy (non-hydrogen) atoms. The van der Waals surface area contributed by atoms with Crippen molar-refractivity contribution in [1.29, 1.82) is 0 Å². The summed E-state index contributed by atoms with van der Waals surface area (Å²) < 4.78 is 5.09. The van der Waals surface area contributed by atoms with E-state index in [2.05, 4.69) is 29.7 Å². The number of ether oxygens (including phenoxy) is 1. The first-order valence-corrected chi connectivity index (χ1v) is 5.79. The summed E-state index contributed by atoms with van der Waals surface area (Å²) in [5, 5.41) is 0. The van der Waals surface area contributed by atoms with Crippen LogP contribution in [0, 0.1) is 0 Å². The van der Waals surface area contributed by atoms with E-state index in [0.29, 0.717) is 0 Å². The van der Waals surface area contributed by atoms with Gasteiger partial charge in [-0.15, -0.1) is 0 Å². The molecule has 0 N–H and O–H groups in total. The van der Waals surface area contributed by atoms with Crippen LogP contribution in [-0.2, 0) is 4.74 Å². The Labute approximate surface area is 93.7 Å². The molecule has 0 atom stereocenters. The van der Waals surface area contributed by atoms with E-state index in [0.717, 1.165) is 19.7 Å². The minimum atomic E-state index is 0.855. The lowest BCUT2D eigenvalue weighted by Gasteiger charge is -2.33. The predicted octanol–water partition coefficient (Wildman–Crippen LogP) is 1.22. The van der Waals surface area contributed by atoms with Crippen LogP contribution in [0.25, 0.3) is 0 Å². The van der Waals surface area contributed by atoms with Crippen LogP contribution in [-0.4, -0.2) is 62.8 Å². The Morgan fingerprint density at radius 3 is 2.27 bits per heavy atom. The average Bonchev–Trinajstić information content (AvgIpc) is 2.25. The lowest BCUT2D eigenvalue weighted by Crippen LogP contribution is -2.47. The van der Waals surface area contributed by atoms with Crippen LogP contribution in [0.5, 0.6) is 0 Å². The number of rotatable bonds is 5. The van der Waals surface area contributed by atoms with Crippen LogP contribution in [0.15, 0.2) is 11.6 Å². The molecule has 88 valence electrons. The van der Waals surface area contributed by atoms with Crippen LogP contribution in [0.2, 0.25) is 0 Å². The van der Waals surface area contributed by atoms with Crippen LogP contribution in [0.1, 0.15) is 13.8 Å². The van der Waals surface area contributed by atoms with Gasteiger partial charge in [-0.05, 0) is 13.8 Å². The highest BCUT2D eigenvalue weighted by Gasteiger charge is 2.14. The summed E-state index contributed by atoms with van der Waals surface area (Å²) in [6, 6.07) is 0. The fraction of sp³-hybridized carbons (Fsp3) is 0.833. The van der Waals surface area contributed by atoms with Crippen molar-refractivity contribution in [3.05, 3.63) is 11.6 Å². The number of methoxy groups -OCH3 is 1. The maximum atomic E-state index is 5.09. The molecule has 0 aliphatic carbocycles. The standard InChI is InChI=1S/C12H24N2O/c1-12(2)4-5-13-6-8-14(9-7-13)10-11-15-3/h4H,5-11H2,1-3H3. The molecule has 0 bridgehead atoms. The molecule has 1 rings (SSSR count). The van der Waals surface area contributed by atoms with Gasteiger partial charge in [-0.3, -0.25) is 9.80 Å². The van der Waals surface area contributed by atoms with Crippen molar-refractivity contribution in [2.75, 3.05) is 53.0 Å². The molecule has 1 saturated heterocycles. The molecule has 1 aliphatic heterocycles. The third kappa shape index (κ3) is 5.30. The normalized spacial score (nSPS) is 19.1. The third-order valence-electron chi connectivity index (χ3n) is 2.83. The maximum Gasteiger partial charge on any atom is 0.0589 e. The highest BCUT2D eigenvalue weighted by Crippen LogP contribution is 2.02. The van der Waals surface area contributed by atoms with Crippen LogP contribution >= 0.6 is 0 Å². The minimum absolute atomic E-state index is 0.855. The zero-order valence-electron chi connectivity index (χ0n) is 10.3. The van der Waals surface area contributed by atoms with Gasteiger partial charge < -0.3 is 4.74 Å². The van der Waals surface area contributed by atoms with Crippen LogP contribution in [0.4, 0.5) is 0 Å². The monoisotopic (exact) mass is 212 g/mol. The molecular formula is C12H24N2O. The Balaban J connectivity index is 2.15. The van der Waals surface area contributed by atoms with Gasteiger partial charge in [0.25, 0.3) is 0 Å². The molecule has 0 amide bonds. The molecule has 0 spiro atoms. The Hall–Kier alpha value is -0.380. The van der Waals surface area contributed by atoms with Crippen molar-refractivity contribution >= 4 is 0 Å². The highest BCUT2D eigenvalue weighted by atomic mass is 16.5. The fourth-order valence-electron chi connectivity index (χ4n) is 1.73. The molecule has 0 aromatic rings. The first kappa shape index (κ1) is 12.7. The van der Waals surface area contributed by atoms with Gasteiger partial charge in [-0.1, -0.05) is 11.6 Å². The Kier molecular flexibility index (Phi) is 5.91. The summed E-state index contributed by atoms with van der Waals surface area (Å²) in [6.07, 6.45) is 2.31. The lowest BCUT2D eigenvalue weighted by molar-refractivity contribution is 0.102. The van der Waals surface area contributed by atoms with E-state index in [-0.39, 0.29) is 0 Å². The van der Waals surface area contributed by atoms with Crippen molar-refractivity contribution in [3.8, 4) is 0 Å². The quantitative estimate of drug-likeness (QED) is 0.637. The van der Waals surface area contributed by atoms with E-state index in [1.807, 2.05) is 0 Å². The summed E-state index contributed by atoms with van der Waals surface area (Å²) >= 11 is 0. The molecule has 0 aromatic carbocycles. The predicted molar refractivity (Wildman–Crippen MR) is 64.2 cm³/mol. The highest BCUT2D eigenvalue weighted by molar-refractivity contribution is 4.95. The third-order valence-corrected chi connectivity index (χ3v) is 2.83. The summed E-state index contributed by atoms with van der Waals surface area (Å²) in [6.45, 7) is 12.1. The fourth-order valence-corrected chi connectivity index (χ4v) is 1.73. The lowest BCUT2D eigenvalue weighted by atomic mass is 10.2. The van der Waals surface area contributed by atoms with E-state index in [4.69, 9.17) is 4.74 Å². The number of hydrogen-bond donors (Lipinski definition) is 0. The van der Waals surface area contributed by atoms with Gasteiger partial charge in [0.15, 0.2) is 0 Å². The SMILES string of the molecule is COCCN1CCN(CC=C(C)C)CC1. The van der Waals surface area contributed by atoms with Crippen molar-refractivity contribution in [2.45, 2.75) is 13.8 Å². The van der Waals surface area contributed by atoms with Gasteiger partial charge >= 0.3 is 0 Å². The number of nitrogens with zero attached hydrogens (tertiary/aromatic N) is 2. The second-order valence-electron chi connectivity index (χ2n) is 4.42. The van der Waals surface area contributed by atoms with E-state index in [1.54, 1.807) is 7.11 Å². The van der Waals surface area contributed by atoms with Gasteiger partial charge in [-0.25, -0.2) is 0 Å². The Bertz CT molecular complexity index is 192. The first-order valence-electron chi connectivity index (χ1n) is 5.79. The largest absolute Gasteiger partial charge is 0.383 e. The molecule has 1 aliphatic rings. The molecule has 0 radical (unpaired) electrons.